The van der Waals surface area contributed by atoms with Crippen molar-refractivity contribution >= 4 is 5.57 Å². The number of ether oxygens (including phenoxy) is 2. The minimum Gasteiger partial charge on any atom is -0.488 e. The summed E-state index contributed by atoms with van der Waals surface area (Å²) in [6.45, 7) is 4.83. The van der Waals surface area contributed by atoms with Crippen LogP contribution in [-0.4, -0.2) is 20.3 Å². The van der Waals surface area contributed by atoms with Crippen LogP contribution >= 0.6 is 0 Å². The summed E-state index contributed by atoms with van der Waals surface area (Å²) in [4.78, 5) is 0. The molecular weight excluding hydrogens is 231 g/mol. The van der Waals surface area contributed by atoms with Crippen molar-refractivity contribution in [3.8, 4) is 5.75 Å². The molecule has 18 heavy (non-hydrogen) atoms. The molecule has 2 rings (SSSR count). The van der Waals surface area contributed by atoms with Crippen molar-refractivity contribution in [1.82, 2.24) is 0 Å². The van der Waals surface area contributed by atoms with E-state index in [-0.39, 0.29) is 11.6 Å². The number of rotatable bonds is 7. The first kappa shape index (κ1) is 13.1. The van der Waals surface area contributed by atoms with E-state index in [2.05, 4.69) is 6.58 Å². The summed E-state index contributed by atoms with van der Waals surface area (Å²) in [5.74, 6) is 0.703. The molecule has 1 saturated carbocycles. The summed E-state index contributed by atoms with van der Waals surface area (Å²) in [6.07, 6.45) is 3.53. The van der Waals surface area contributed by atoms with Crippen molar-refractivity contribution in [1.29, 1.82) is 0 Å². The monoisotopic (exact) mass is 250 g/mol. The molecule has 1 aliphatic carbocycles. The Morgan fingerprint density at radius 3 is 2.78 bits per heavy atom. The van der Waals surface area contributed by atoms with Gasteiger partial charge in [0.05, 0.1) is 6.61 Å². The van der Waals surface area contributed by atoms with E-state index in [1.807, 2.05) is 6.07 Å². The molecular formula is C15H19FO2. The van der Waals surface area contributed by atoms with E-state index >= 15 is 0 Å². The number of hydrogen-bond donors (Lipinski definition) is 0. The second-order valence-electron chi connectivity index (χ2n) is 4.74. The molecule has 0 unspecified atom stereocenters. The second kappa shape index (κ2) is 6.01. The van der Waals surface area contributed by atoms with Gasteiger partial charge < -0.3 is 9.47 Å². The number of halogens is 1. The highest BCUT2D eigenvalue weighted by atomic mass is 19.1. The first-order valence-electron chi connectivity index (χ1n) is 6.30. The zero-order valence-electron chi connectivity index (χ0n) is 10.7. The summed E-state index contributed by atoms with van der Waals surface area (Å²) in [6, 6.07) is 5.04. The van der Waals surface area contributed by atoms with Gasteiger partial charge in [-0.2, -0.15) is 0 Å². The van der Waals surface area contributed by atoms with Gasteiger partial charge in [-0.1, -0.05) is 12.6 Å². The third-order valence-electron chi connectivity index (χ3n) is 3.12. The molecule has 0 aromatic heterocycles. The maximum Gasteiger partial charge on any atom is 0.165 e. The van der Waals surface area contributed by atoms with Crippen LogP contribution < -0.4 is 4.74 Å². The Balaban J connectivity index is 1.96. The maximum atomic E-state index is 13.8. The van der Waals surface area contributed by atoms with Crippen molar-refractivity contribution in [2.45, 2.75) is 19.3 Å². The van der Waals surface area contributed by atoms with E-state index in [9.17, 15) is 4.39 Å². The first-order chi connectivity index (χ1) is 8.70. The van der Waals surface area contributed by atoms with Gasteiger partial charge in [0.15, 0.2) is 11.6 Å². The van der Waals surface area contributed by atoms with Gasteiger partial charge in [-0.3, -0.25) is 0 Å². The number of allylic oxidation sites excluding steroid dienone is 1. The fraction of sp³-hybridized carbons (Fsp3) is 0.467. The van der Waals surface area contributed by atoms with Gasteiger partial charge in [0.25, 0.3) is 0 Å². The van der Waals surface area contributed by atoms with Gasteiger partial charge in [-0.05, 0) is 48.4 Å². The Labute approximate surface area is 107 Å². The van der Waals surface area contributed by atoms with Crippen LogP contribution in [-0.2, 0) is 4.74 Å². The van der Waals surface area contributed by atoms with Gasteiger partial charge in [-0.25, -0.2) is 4.39 Å². The van der Waals surface area contributed by atoms with Crippen LogP contribution in [0.15, 0.2) is 24.8 Å². The van der Waals surface area contributed by atoms with Crippen molar-refractivity contribution < 1.29 is 13.9 Å². The molecule has 0 aliphatic heterocycles. The molecule has 0 amide bonds. The highest BCUT2D eigenvalue weighted by Crippen LogP contribution is 2.37. The Hall–Kier alpha value is -1.35. The zero-order valence-corrected chi connectivity index (χ0v) is 10.7. The van der Waals surface area contributed by atoms with Crippen LogP contribution in [0.5, 0.6) is 5.75 Å². The van der Waals surface area contributed by atoms with Crippen molar-refractivity contribution in [2.75, 3.05) is 20.3 Å². The Morgan fingerprint density at radius 2 is 2.17 bits per heavy atom. The molecule has 0 saturated heterocycles. The topological polar surface area (TPSA) is 18.5 Å². The zero-order chi connectivity index (χ0) is 13.0. The molecule has 1 aliphatic rings. The normalized spacial score (nSPS) is 14.6. The number of methoxy groups -OCH3 is 1. The van der Waals surface area contributed by atoms with Crippen LogP contribution in [0.25, 0.3) is 5.57 Å². The summed E-state index contributed by atoms with van der Waals surface area (Å²) in [5.41, 5.74) is 1.89. The highest BCUT2D eigenvalue weighted by molar-refractivity contribution is 5.64. The van der Waals surface area contributed by atoms with E-state index in [1.165, 1.54) is 18.9 Å². The number of hydrogen-bond acceptors (Lipinski definition) is 2. The maximum absolute atomic E-state index is 13.8. The lowest BCUT2D eigenvalue weighted by Gasteiger charge is -2.09. The van der Waals surface area contributed by atoms with Gasteiger partial charge >= 0.3 is 0 Å². The molecule has 1 fully saturated rings. The smallest absolute Gasteiger partial charge is 0.165 e. The van der Waals surface area contributed by atoms with E-state index in [4.69, 9.17) is 9.47 Å². The summed E-state index contributed by atoms with van der Waals surface area (Å²) in [7, 11) is 1.59. The highest BCUT2D eigenvalue weighted by Gasteiger charge is 2.22. The molecule has 2 nitrogen and oxygen atoms in total. The lowest BCUT2D eigenvalue weighted by molar-refractivity contribution is 0.144. The molecule has 0 bridgehead atoms. The predicted molar refractivity (Wildman–Crippen MR) is 70.1 cm³/mol. The third kappa shape index (κ3) is 3.57. The molecule has 0 N–H and O–H groups in total. The van der Waals surface area contributed by atoms with Gasteiger partial charge in [-0.15, -0.1) is 0 Å². The van der Waals surface area contributed by atoms with Gasteiger partial charge in [0, 0.05) is 7.11 Å². The standard InChI is InChI=1S/C15H19FO2/c1-11(9-12-3-4-12)13-5-6-15(14(16)10-13)18-8-7-17-2/h5-6,10,12H,1,3-4,7-9H2,2H3. The SMILES string of the molecule is C=C(CC1CC1)c1ccc(OCCOC)c(F)c1. The van der Waals surface area contributed by atoms with Crippen LogP contribution in [0.4, 0.5) is 4.39 Å². The lowest BCUT2D eigenvalue weighted by Crippen LogP contribution is -2.05. The van der Waals surface area contributed by atoms with Crippen LogP contribution in [0.3, 0.4) is 0 Å². The third-order valence-corrected chi connectivity index (χ3v) is 3.12. The molecule has 1 aromatic carbocycles. The average Bonchev–Trinajstić information content (AvgIpc) is 3.15. The largest absolute Gasteiger partial charge is 0.488 e. The van der Waals surface area contributed by atoms with Crippen LogP contribution in [0, 0.1) is 11.7 Å². The number of benzene rings is 1. The Morgan fingerprint density at radius 1 is 1.39 bits per heavy atom. The van der Waals surface area contributed by atoms with Crippen molar-refractivity contribution in [3.63, 3.8) is 0 Å². The predicted octanol–water partition coefficient (Wildman–Crippen LogP) is 3.66. The molecule has 0 heterocycles. The molecule has 3 heteroatoms. The molecule has 0 spiro atoms. The minimum atomic E-state index is -0.333. The molecule has 98 valence electrons. The van der Waals surface area contributed by atoms with E-state index < -0.39 is 0 Å². The molecule has 1 aromatic rings. The molecule has 0 atom stereocenters. The Bertz CT molecular complexity index is 425. The summed E-state index contributed by atoms with van der Waals surface area (Å²) >= 11 is 0. The summed E-state index contributed by atoms with van der Waals surface area (Å²) in [5, 5.41) is 0. The van der Waals surface area contributed by atoms with Crippen LogP contribution in [0.2, 0.25) is 0 Å². The van der Waals surface area contributed by atoms with E-state index in [0.717, 1.165) is 23.5 Å². The van der Waals surface area contributed by atoms with Gasteiger partial charge in [0.2, 0.25) is 0 Å². The first-order valence-corrected chi connectivity index (χ1v) is 6.30. The van der Waals surface area contributed by atoms with E-state index in [0.29, 0.717) is 13.2 Å². The fourth-order valence-electron chi connectivity index (χ4n) is 1.86. The van der Waals surface area contributed by atoms with E-state index in [1.54, 1.807) is 13.2 Å². The average molecular weight is 250 g/mol. The van der Waals surface area contributed by atoms with Crippen molar-refractivity contribution in [2.24, 2.45) is 5.92 Å². The lowest BCUT2D eigenvalue weighted by atomic mass is 10.0. The Kier molecular flexibility index (Phi) is 4.37. The van der Waals surface area contributed by atoms with Crippen molar-refractivity contribution in [3.05, 3.63) is 36.2 Å². The fourth-order valence-corrected chi connectivity index (χ4v) is 1.86. The molecule has 0 radical (unpaired) electrons. The summed E-state index contributed by atoms with van der Waals surface area (Å²) < 4.78 is 23.9. The quantitative estimate of drug-likeness (QED) is 0.687. The second-order valence-corrected chi connectivity index (χ2v) is 4.74. The minimum absolute atomic E-state index is 0.273. The van der Waals surface area contributed by atoms with Crippen LogP contribution in [0.1, 0.15) is 24.8 Å². The van der Waals surface area contributed by atoms with Gasteiger partial charge in [0.1, 0.15) is 6.61 Å².